The lowest BCUT2D eigenvalue weighted by atomic mass is 9.71. The number of halogens is 6. The van der Waals surface area contributed by atoms with E-state index in [1.165, 1.54) is 36.4 Å². The van der Waals surface area contributed by atoms with E-state index < -0.39 is 35.6 Å². The van der Waals surface area contributed by atoms with E-state index in [0.29, 0.717) is 28.7 Å². The number of hydrogen-bond acceptors (Lipinski definition) is 4. The van der Waals surface area contributed by atoms with Crippen LogP contribution >= 0.6 is 0 Å². The number of benzene rings is 4. The van der Waals surface area contributed by atoms with Crippen molar-refractivity contribution in [3.05, 3.63) is 167 Å². The molecular formula is C38H28F6O5. The summed E-state index contributed by atoms with van der Waals surface area (Å²) in [4.78, 5) is 23.2. The maximum Gasteiger partial charge on any atom is 0.344 e. The van der Waals surface area contributed by atoms with E-state index in [0.717, 1.165) is 11.1 Å². The van der Waals surface area contributed by atoms with Gasteiger partial charge in [-0.1, -0.05) is 84.9 Å². The molecule has 0 fully saturated rings. The summed E-state index contributed by atoms with van der Waals surface area (Å²) in [5.74, 6) is -1.50. The Labute approximate surface area is 277 Å². The molecule has 0 amide bonds. The molecule has 0 saturated carbocycles. The summed E-state index contributed by atoms with van der Waals surface area (Å²) in [5.41, 5.74) is 3.30. The standard InChI is InChI=1S/C38H28F6O5/c1-38(28-13-19-31(20-14-28)48-36(43)34(39)40,29-15-21-32(22-16-29)49-37(44)35(41)42)27-11-6-26(7-12-27)9-18-30(45)17-8-24-2-4-25(5-3-24)10-23-33(46)47/h2-9,11-22H,10,23H2,1H3,(H,46,47). The Morgan fingerprint density at radius 3 is 1.35 bits per heavy atom. The molecule has 49 heavy (non-hydrogen) atoms. The molecule has 4 aromatic carbocycles. The first kappa shape index (κ1) is 36.0. The van der Waals surface area contributed by atoms with Crippen molar-refractivity contribution in [3.63, 3.8) is 0 Å². The van der Waals surface area contributed by atoms with Crippen molar-refractivity contribution >= 4 is 23.9 Å². The summed E-state index contributed by atoms with van der Waals surface area (Å²) in [6.45, 7) is 1.83. The van der Waals surface area contributed by atoms with Crippen LogP contribution in [0.3, 0.4) is 0 Å². The van der Waals surface area contributed by atoms with Gasteiger partial charge in [-0.25, -0.2) is 0 Å². The molecular weight excluding hydrogens is 650 g/mol. The summed E-state index contributed by atoms with van der Waals surface area (Å²) in [6.07, 6.45) is 1.29. The number of aryl methyl sites for hydroxylation is 1. The van der Waals surface area contributed by atoms with Gasteiger partial charge < -0.3 is 14.6 Å². The molecule has 0 radical (unpaired) electrons. The minimum Gasteiger partial charge on any atom is -0.481 e. The molecule has 11 heteroatoms. The summed E-state index contributed by atoms with van der Waals surface area (Å²) in [7, 11) is 0. The zero-order valence-corrected chi connectivity index (χ0v) is 25.8. The van der Waals surface area contributed by atoms with Gasteiger partial charge in [-0.15, -0.1) is 0 Å². The Hall–Kier alpha value is -5.84. The van der Waals surface area contributed by atoms with Crippen LogP contribution in [0.25, 0.3) is 12.2 Å². The largest absolute Gasteiger partial charge is 0.481 e. The number of ketones is 1. The molecule has 0 saturated heterocycles. The van der Waals surface area contributed by atoms with Gasteiger partial charge in [0, 0.05) is 11.8 Å². The molecule has 0 heterocycles. The van der Waals surface area contributed by atoms with Crippen LogP contribution in [0.15, 0.2) is 133 Å². The topological polar surface area (TPSA) is 72.8 Å². The number of hydrogen-bond donors (Lipinski definition) is 1. The molecule has 0 spiro atoms. The van der Waals surface area contributed by atoms with Crippen molar-refractivity contribution in [1.29, 1.82) is 0 Å². The lowest BCUT2D eigenvalue weighted by Crippen LogP contribution is -2.25. The molecule has 0 bridgehead atoms. The van der Waals surface area contributed by atoms with Crippen LogP contribution in [0, 0.1) is 0 Å². The van der Waals surface area contributed by atoms with Crippen molar-refractivity contribution in [1.82, 2.24) is 0 Å². The van der Waals surface area contributed by atoms with Crippen molar-refractivity contribution in [3.8, 4) is 11.5 Å². The number of carboxylic acids is 1. The SMILES string of the molecule is CC(c1ccc(C=CC(=O)C=Cc2ccc(CCC(=O)O)cc2)cc1)(c1ccc(OC(F)=C(F)F)cc1)c1ccc(OC(F)=C(F)F)cc1. The molecule has 4 aromatic rings. The molecule has 4 rings (SSSR count). The Morgan fingerprint density at radius 1 is 0.612 bits per heavy atom. The lowest BCUT2D eigenvalue weighted by Gasteiger charge is -2.32. The van der Waals surface area contributed by atoms with Gasteiger partial charge in [0.1, 0.15) is 11.5 Å². The molecule has 252 valence electrons. The number of ether oxygens (including phenoxy) is 2. The van der Waals surface area contributed by atoms with Gasteiger partial charge in [-0.05, 0) is 83.1 Å². The van der Waals surface area contributed by atoms with Gasteiger partial charge in [0.15, 0.2) is 5.78 Å². The van der Waals surface area contributed by atoms with Crippen LogP contribution in [-0.4, -0.2) is 16.9 Å². The third-order valence-corrected chi connectivity index (χ3v) is 7.55. The first-order valence-electron chi connectivity index (χ1n) is 14.6. The average Bonchev–Trinajstić information content (AvgIpc) is 3.09. The van der Waals surface area contributed by atoms with E-state index >= 15 is 0 Å². The molecule has 0 aromatic heterocycles. The van der Waals surface area contributed by atoms with Crippen molar-refractivity contribution in [2.45, 2.75) is 25.2 Å². The molecule has 0 aliphatic carbocycles. The monoisotopic (exact) mass is 678 g/mol. The fourth-order valence-electron chi connectivity index (χ4n) is 4.88. The zero-order valence-electron chi connectivity index (χ0n) is 25.8. The fraction of sp³-hybridized carbons (Fsp3) is 0.105. The Kier molecular flexibility index (Phi) is 12.0. The van der Waals surface area contributed by atoms with Crippen LogP contribution in [0.4, 0.5) is 26.3 Å². The summed E-state index contributed by atoms with van der Waals surface area (Å²) >= 11 is 0. The Bertz CT molecular complexity index is 1820. The normalized spacial score (nSPS) is 11.4. The van der Waals surface area contributed by atoms with E-state index in [1.807, 2.05) is 6.92 Å². The van der Waals surface area contributed by atoms with Crippen LogP contribution in [0.5, 0.6) is 11.5 Å². The lowest BCUT2D eigenvalue weighted by molar-refractivity contribution is -0.137. The van der Waals surface area contributed by atoms with Gasteiger partial charge in [0.05, 0.1) is 0 Å². The smallest absolute Gasteiger partial charge is 0.344 e. The van der Waals surface area contributed by atoms with Crippen LogP contribution in [0.1, 0.15) is 46.7 Å². The second kappa shape index (κ2) is 16.3. The highest BCUT2D eigenvalue weighted by molar-refractivity contribution is 6.04. The highest BCUT2D eigenvalue weighted by Gasteiger charge is 2.31. The van der Waals surface area contributed by atoms with E-state index in [-0.39, 0.29) is 23.7 Å². The summed E-state index contributed by atoms with van der Waals surface area (Å²) < 4.78 is 85.9. The molecule has 0 unspecified atom stereocenters. The summed E-state index contributed by atoms with van der Waals surface area (Å²) in [5, 5.41) is 8.82. The summed E-state index contributed by atoms with van der Waals surface area (Å²) in [6, 6.07) is 21.7. The number of carbonyl (C=O) groups is 2. The third kappa shape index (κ3) is 9.83. The highest BCUT2D eigenvalue weighted by atomic mass is 19.3. The van der Waals surface area contributed by atoms with Crippen LogP contribution < -0.4 is 9.47 Å². The zero-order chi connectivity index (χ0) is 35.6. The first-order valence-corrected chi connectivity index (χ1v) is 14.6. The van der Waals surface area contributed by atoms with Gasteiger partial charge >= 0.3 is 30.2 Å². The van der Waals surface area contributed by atoms with Gasteiger partial charge in [-0.2, -0.15) is 26.3 Å². The van der Waals surface area contributed by atoms with Crippen molar-refractivity contribution in [2.24, 2.45) is 0 Å². The minimum absolute atomic E-state index is 0.0299. The predicted molar refractivity (Wildman–Crippen MR) is 172 cm³/mol. The molecule has 0 atom stereocenters. The predicted octanol–water partition coefficient (Wildman–Crippen LogP) is 10.2. The first-order chi connectivity index (χ1) is 23.3. The van der Waals surface area contributed by atoms with Gasteiger partial charge in [0.25, 0.3) is 0 Å². The number of allylic oxidation sites excluding steroid dienone is 2. The second-order valence-electron chi connectivity index (χ2n) is 10.8. The molecule has 1 N–H and O–H groups in total. The number of rotatable bonds is 14. The Balaban J connectivity index is 1.56. The number of carbonyl (C=O) groups excluding carboxylic acids is 1. The van der Waals surface area contributed by atoms with Crippen LogP contribution in [-0.2, 0) is 21.4 Å². The van der Waals surface area contributed by atoms with Crippen molar-refractivity contribution < 1.29 is 50.5 Å². The second-order valence-corrected chi connectivity index (χ2v) is 10.8. The Morgan fingerprint density at radius 2 is 0.980 bits per heavy atom. The van der Waals surface area contributed by atoms with Gasteiger partial charge in [-0.3, -0.25) is 9.59 Å². The van der Waals surface area contributed by atoms with Crippen molar-refractivity contribution in [2.75, 3.05) is 0 Å². The average molecular weight is 679 g/mol. The van der Waals surface area contributed by atoms with E-state index in [1.54, 1.807) is 84.9 Å². The highest BCUT2D eigenvalue weighted by Crippen LogP contribution is 2.40. The molecule has 0 aliphatic heterocycles. The molecule has 5 nitrogen and oxygen atoms in total. The maximum atomic E-state index is 13.4. The third-order valence-electron chi connectivity index (χ3n) is 7.55. The van der Waals surface area contributed by atoms with E-state index in [9.17, 15) is 35.9 Å². The maximum absolute atomic E-state index is 13.4. The minimum atomic E-state index is -2.61. The van der Waals surface area contributed by atoms with E-state index in [2.05, 4.69) is 9.47 Å². The quantitative estimate of drug-likeness (QED) is 0.0622. The molecule has 0 aliphatic rings. The number of aliphatic carboxylic acids is 1. The fourth-order valence-corrected chi connectivity index (χ4v) is 4.88. The van der Waals surface area contributed by atoms with E-state index in [4.69, 9.17) is 5.11 Å². The number of carboxylic acid groups (broad SMARTS) is 1. The van der Waals surface area contributed by atoms with Crippen LogP contribution in [0.2, 0.25) is 0 Å². The van der Waals surface area contributed by atoms with Gasteiger partial charge in [0.2, 0.25) is 0 Å².